The van der Waals surface area contributed by atoms with Crippen LogP contribution in [0.5, 0.6) is 0 Å². The molecule has 1 aliphatic carbocycles. The van der Waals surface area contributed by atoms with E-state index in [0.717, 1.165) is 4.90 Å². The zero-order chi connectivity index (χ0) is 15.8. The topological polar surface area (TPSA) is 72.6 Å². The lowest BCUT2D eigenvalue weighted by atomic mass is 9.95. The van der Waals surface area contributed by atoms with Gasteiger partial charge in [0.15, 0.2) is 0 Å². The first-order valence-electron chi connectivity index (χ1n) is 6.85. The van der Waals surface area contributed by atoms with Crippen LogP contribution in [-0.4, -0.2) is 49.7 Å². The lowest BCUT2D eigenvalue weighted by Crippen LogP contribution is -2.37. The van der Waals surface area contributed by atoms with Crippen LogP contribution < -0.4 is 5.73 Å². The summed E-state index contributed by atoms with van der Waals surface area (Å²) in [5.74, 6) is -4.53. The van der Waals surface area contributed by atoms with Crippen LogP contribution in [0.4, 0.5) is 13.2 Å². The van der Waals surface area contributed by atoms with Gasteiger partial charge in [-0.3, -0.25) is 9.59 Å². The molecule has 1 saturated carbocycles. The average molecular weight is 308 g/mol. The maximum Gasteiger partial charge on any atom is 0.394 e. The largest absolute Gasteiger partial charge is 0.394 e. The standard InChI is InChI=1S/C13H19F3N2O3/c1-21-5-4-12(2-3-12)11(20)18-6-8(10(17)19)9(7-18)13(14,15)16/h8-9H,2-7H2,1H3,(H2,17,19)/t8-,9-/m1/s1. The predicted molar refractivity (Wildman–Crippen MR) is 67.0 cm³/mol. The number of amides is 2. The van der Waals surface area contributed by atoms with Gasteiger partial charge >= 0.3 is 6.18 Å². The zero-order valence-corrected chi connectivity index (χ0v) is 11.8. The molecule has 0 radical (unpaired) electrons. The van der Waals surface area contributed by atoms with Gasteiger partial charge in [-0.25, -0.2) is 0 Å². The molecular formula is C13H19F3N2O3. The Kier molecular flexibility index (Phi) is 4.19. The minimum atomic E-state index is -4.53. The van der Waals surface area contributed by atoms with E-state index in [1.54, 1.807) is 0 Å². The zero-order valence-electron chi connectivity index (χ0n) is 11.8. The van der Waals surface area contributed by atoms with Crippen LogP contribution in [0.3, 0.4) is 0 Å². The Morgan fingerprint density at radius 2 is 1.95 bits per heavy atom. The number of hydrogen-bond donors (Lipinski definition) is 1. The van der Waals surface area contributed by atoms with Gasteiger partial charge in [-0.15, -0.1) is 0 Å². The Hall–Kier alpha value is -1.31. The average Bonchev–Trinajstić information content (AvgIpc) is 3.02. The van der Waals surface area contributed by atoms with Crippen molar-refractivity contribution in [3.05, 3.63) is 0 Å². The molecule has 2 atom stereocenters. The Morgan fingerprint density at radius 1 is 1.33 bits per heavy atom. The second-order valence-electron chi connectivity index (χ2n) is 5.89. The Morgan fingerprint density at radius 3 is 2.33 bits per heavy atom. The molecule has 120 valence electrons. The third kappa shape index (κ3) is 3.14. The smallest absolute Gasteiger partial charge is 0.385 e. The number of methoxy groups -OCH3 is 1. The first kappa shape index (κ1) is 16.1. The Labute approximate surface area is 120 Å². The molecule has 5 nitrogen and oxygen atoms in total. The number of primary amides is 1. The van der Waals surface area contributed by atoms with Crippen LogP contribution in [0.15, 0.2) is 0 Å². The van der Waals surface area contributed by atoms with Crippen LogP contribution in [0.2, 0.25) is 0 Å². The summed E-state index contributed by atoms with van der Waals surface area (Å²) in [6.07, 6.45) is -2.72. The van der Waals surface area contributed by atoms with E-state index < -0.39 is 35.9 Å². The van der Waals surface area contributed by atoms with Crippen LogP contribution in [0.1, 0.15) is 19.3 Å². The molecule has 8 heteroatoms. The van der Waals surface area contributed by atoms with Gasteiger partial charge in [0.1, 0.15) is 0 Å². The van der Waals surface area contributed by atoms with Crippen molar-refractivity contribution in [3.63, 3.8) is 0 Å². The highest BCUT2D eigenvalue weighted by molar-refractivity contribution is 5.87. The molecule has 0 bridgehead atoms. The number of nitrogens with two attached hydrogens (primary N) is 1. The minimum absolute atomic E-state index is 0.243. The summed E-state index contributed by atoms with van der Waals surface area (Å²) in [4.78, 5) is 24.8. The van der Waals surface area contributed by atoms with E-state index in [0.29, 0.717) is 25.9 Å². The normalized spacial score (nSPS) is 27.7. The number of carbonyl (C=O) groups excluding carboxylic acids is 2. The monoisotopic (exact) mass is 308 g/mol. The molecule has 1 aliphatic heterocycles. The van der Waals surface area contributed by atoms with Gasteiger partial charge in [-0.1, -0.05) is 0 Å². The number of hydrogen-bond acceptors (Lipinski definition) is 3. The van der Waals surface area contributed by atoms with Crippen LogP contribution >= 0.6 is 0 Å². The van der Waals surface area contributed by atoms with E-state index in [2.05, 4.69) is 0 Å². The molecular weight excluding hydrogens is 289 g/mol. The van der Waals surface area contributed by atoms with Gasteiger partial charge in [0, 0.05) is 26.8 Å². The first-order chi connectivity index (χ1) is 9.71. The molecule has 1 heterocycles. The van der Waals surface area contributed by atoms with E-state index in [4.69, 9.17) is 10.5 Å². The molecule has 2 rings (SSSR count). The van der Waals surface area contributed by atoms with Crippen molar-refractivity contribution in [1.29, 1.82) is 0 Å². The van der Waals surface area contributed by atoms with Gasteiger partial charge in [-0.2, -0.15) is 13.2 Å². The third-order valence-corrected chi connectivity index (χ3v) is 4.48. The lowest BCUT2D eigenvalue weighted by Gasteiger charge is -2.23. The summed E-state index contributed by atoms with van der Waals surface area (Å²) < 4.78 is 43.8. The fourth-order valence-corrected chi connectivity index (χ4v) is 2.94. The van der Waals surface area contributed by atoms with E-state index in [9.17, 15) is 22.8 Å². The van der Waals surface area contributed by atoms with Crippen molar-refractivity contribution >= 4 is 11.8 Å². The van der Waals surface area contributed by atoms with Gasteiger partial charge < -0.3 is 15.4 Å². The van der Waals surface area contributed by atoms with E-state index in [1.807, 2.05) is 0 Å². The van der Waals surface area contributed by atoms with Crippen LogP contribution in [0.25, 0.3) is 0 Å². The lowest BCUT2D eigenvalue weighted by molar-refractivity contribution is -0.183. The number of halogens is 3. The molecule has 21 heavy (non-hydrogen) atoms. The molecule has 2 amide bonds. The summed E-state index contributed by atoms with van der Waals surface area (Å²) in [5, 5.41) is 0. The summed E-state index contributed by atoms with van der Waals surface area (Å²) in [5.41, 5.74) is 4.46. The molecule has 0 aromatic carbocycles. The van der Waals surface area contributed by atoms with Gasteiger partial charge in [0.05, 0.1) is 17.3 Å². The molecule has 0 aromatic rings. The predicted octanol–water partition coefficient (Wildman–Crippen LogP) is 0.925. The maximum atomic E-state index is 13.0. The summed E-state index contributed by atoms with van der Waals surface area (Å²) in [6.45, 7) is -0.334. The Balaban J connectivity index is 2.09. The number of alkyl halides is 3. The fraction of sp³-hybridized carbons (Fsp3) is 0.846. The quantitative estimate of drug-likeness (QED) is 0.821. The van der Waals surface area contributed by atoms with Crippen molar-refractivity contribution in [2.24, 2.45) is 23.0 Å². The van der Waals surface area contributed by atoms with Crippen LogP contribution in [0, 0.1) is 17.3 Å². The Bertz CT molecular complexity index is 435. The van der Waals surface area contributed by atoms with Gasteiger partial charge in [0.2, 0.25) is 11.8 Å². The second-order valence-corrected chi connectivity index (χ2v) is 5.89. The minimum Gasteiger partial charge on any atom is -0.385 e. The molecule has 0 unspecified atom stereocenters. The number of nitrogens with zero attached hydrogens (tertiary/aromatic N) is 1. The first-order valence-corrected chi connectivity index (χ1v) is 6.85. The third-order valence-electron chi connectivity index (χ3n) is 4.48. The van der Waals surface area contributed by atoms with Gasteiger partial charge in [-0.05, 0) is 19.3 Å². The maximum absolute atomic E-state index is 13.0. The highest BCUT2D eigenvalue weighted by Gasteiger charge is 2.57. The molecule has 2 N–H and O–H groups in total. The van der Waals surface area contributed by atoms with Crippen molar-refractivity contribution in [2.45, 2.75) is 25.4 Å². The van der Waals surface area contributed by atoms with Crippen molar-refractivity contribution in [2.75, 3.05) is 26.8 Å². The highest BCUT2D eigenvalue weighted by Crippen LogP contribution is 2.51. The summed E-state index contributed by atoms with van der Waals surface area (Å²) in [6, 6.07) is 0. The van der Waals surface area contributed by atoms with E-state index in [-0.39, 0.29) is 12.5 Å². The molecule has 1 saturated heterocycles. The van der Waals surface area contributed by atoms with Crippen molar-refractivity contribution in [1.82, 2.24) is 4.90 Å². The number of likely N-dealkylation sites (tertiary alicyclic amines) is 1. The summed E-state index contributed by atoms with van der Waals surface area (Å²) >= 11 is 0. The molecule has 0 aromatic heterocycles. The molecule has 2 fully saturated rings. The van der Waals surface area contributed by atoms with E-state index >= 15 is 0 Å². The SMILES string of the molecule is COCCC1(C(=O)N2C[C@@H](C(F)(F)F)[C@H](C(N)=O)C2)CC1. The number of ether oxygens (including phenoxy) is 1. The molecule has 0 spiro atoms. The van der Waals surface area contributed by atoms with E-state index in [1.165, 1.54) is 7.11 Å². The fourth-order valence-electron chi connectivity index (χ4n) is 2.94. The number of carbonyl (C=O) groups is 2. The van der Waals surface area contributed by atoms with Crippen molar-refractivity contribution in [3.8, 4) is 0 Å². The summed E-state index contributed by atoms with van der Waals surface area (Å²) in [7, 11) is 1.51. The van der Waals surface area contributed by atoms with Crippen LogP contribution in [-0.2, 0) is 14.3 Å². The van der Waals surface area contributed by atoms with Crippen molar-refractivity contribution < 1.29 is 27.5 Å². The number of rotatable bonds is 5. The second kappa shape index (κ2) is 5.47. The highest BCUT2D eigenvalue weighted by atomic mass is 19.4. The molecule has 2 aliphatic rings. The van der Waals surface area contributed by atoms with Gasteiger partial charge in [0.25, 0.3) is 0 Å².